The van der Waals surface area contributed by atoms with E-state index in [4.69, 9.17) is 0 Å². The molecule has 1 fully saturated rings. The fourth-order valence-electron chi connectivity index (χ4n) is 2.46. The molecule has 1 heterocycles. The highest BCUT2D eigenvalue weighted by molar-refractivity contribution is 7.89. The van der Waals surface area contributed by atoms with Crippen molar-refractivity contribution >= 4 is 10.0 Å². The second-order valence-corrected chi connectivity index (χ2v) is 7.64. The van der Waals surface area contributed by atoms with Crippen molar-refractivity contribution in [1.82, 2.24) is 10.0 Å². The van der Waals surface area contributed by atoms with Gasteiger partial charge in [0.15, 0.2) is 0 Å². The van der Waals surface area contributed by atoms with Crippen molar-refractivity contribution in [3.63, 3.8) is 0 Å². The third-order valence-corrected chi connectivity index (χ3v) is 5.46. The molecule has 0 amide bonds. The first-order chi connectivity index (χ1) is 9.40. The van der Waals surface area contributed by atoms with Gasteiger partial charge in [-0.25, -0.2) is 13.1 Å². The lowest BCUT2D eigenvalue weighted by Crippen LogP contribution is -2.50. The zero-order chi connectivity index (χ0) is 14.8. The van der Waals surface area contributed by atoms with E-state index in [0.717, 1.165) is 18.5 Å². The fourth-order valence-corrected chi connectivity index (χ4v) is 3.85. The highest BCUT2D eigenvalue weighted by Gasteiger charge is 2.26. The molecule has 0 saturated carbocycles. The zero-order valence-corrected chi connectivity index (χ0v) is 13.2. The van der Waals surface area contributed by atoms with Crippen molar-refractivity contribution < 1.29 is 8.42 Å². The largest absolute Gasteiger partial charge is 0.315 e. The van der Waals surface area contributed by atoms with Gasteiger partial charge in [-0.2, -0.15) is 0 Å². The average Bonchev–Trinajstić information content (AvgIpc) is 2.41. The highest BCUT2D eigenvalue weighted by atomic mass is 32.2. The Morgan fingerprint density at radius 1 is 1.35 bits per heavy atom. The molecule has 0 bridgehead atoms. The van der Waals surface area contributed by atoms with E-state index in [1.807, 2.05) is 12.1 Å². The number of sulfonamides is 1. The van der Waals surface area contributed by atoms with Crippen LogP contribution in [0.2, 0.25) is 0 Å². The van der Waals surface area contributed by atoms with Crippen LogP contribution in [0.1, 0.15) is 38.7 Å². The fraction of sp³-hybridized carbons (Fsp3) is 0.600. The molecular weight excluding hydrogens is 272 g/mol. The Morgan fingerprint density at radius 2 is 2.10 bits per heavy atom. The maximum Gasteiger partial charge on any atom is 0.240 e. The Labute approximate surface area is 122 Å². The topological polar surface area (TPSA) is 58.2 Å². The monoisotopic (exact) mass is 296 g/mol. The lowest BCUT2D eigenvalue weighted by Gasteiger charge is -2.30. The number of hydrogen-bond donors (Lipinski definition) is 2. The van der Waals surface area contributed by atoms with Crippen LogP contribution in [0.3, 0.4) is 0 Å². The molecule has 2 N–H and O–H groups in total. The second-order valence-electron chi connectivity index (χ2n) is 5.93. The molecule has 2 atom stereocenters. The smallest absolute Gasteiger partial charge is 0.240 e. The number of rotatable bonds is 4. The first-order valence-corrected chi connectivity index (χ1v) is 8.71. The quantitative estimate of drug-likeness (QED) is 0.894. The molecule has 1 aromatic carbocycles. The van der Waals surface area contributed by atoms with E-state index in [1.54, 1.807) is 12.1 Å². The molecule has 112 valence electrons. The zero-order valence-electron chi connectivity index (χ0n) is 12.4. The average molecular weight is 296 g/mol. The van der Waals surface area contributed by atoms with Gasteiger partial charge in [0, 0.05) is 12.6 Å². The predicted molar refractivity (Wildman–Crippen MR) is 81.3 cm³/mol. The van der Waals surface area contributed by atoms with Gasteiger partial charge in [0.1, 0.15) is 0 Å². The lowest BCUT2D eigenvalue weighted by atomic mass is 9.96. The van der Waals surface area contributed by atoms with Crippen LogP contribution in [0.4, 0.5) is 0 Å². The Kier molecular flexibility index (Phi) is 4.83. The molecule has 0 radical (unpaired) electrons. The van der Waals surface area contributed by atoms with Gasteiger partial charge in [-0.1, -0.05) is 32.9 Å². The van der Waals surface area contributed by atoms with Gasteiger partial charge < -0.3 is 5.32 Å². The van der Waals surface area contributed by atoms with Crippen LogP contribution < -0.4 is 10.0 Å². The summed E-state index contributed by atoms with van der Waals surface area (Å²) in [6.45, 7) is 7.88. The minimum atomic E-state index is -3.44. The SMILES string of the molecule is CC(C)c1cccc(S(=O)(=O)NC2CNCCC2C)c1. The van der Waals surface area contributed by atoms with E-state index in [1.165, 1.54) is 0 Å². The van der Waals surface area contributed by atoms with Gasteiger partial charge in [-0.05, 0) is 42.5 Å². The van der Waals surface area contributed by atoms with Crippen LogP contribution in [0.25, 0.3) is 0 Å². The van der Waals surface area contributed by atoms with Crippen molar-refractivity contribution in [2.24, 2.45) is 5.92 Å². The Hall–Kier alpha value is -0.910. The second kappa shape index (κ2) is 6.24. The summed E-state index contributed by atoms with van der Waals surface area (Å²) in [6.07, 6.45) is 0.999. The molecule has 1 aliphatic heterocycles. The van der Waals surface area contributed by atoms with Crippen molar-refractivity contribution in [1.29, 1.82) is 0 Å². The van der Waals surface area contributed by atoms with E-state index in [9.17, 15) is 8.42 Å². The van der Waals surface area contributed by atoms with Crippen LogP contribution in [-0.4, -0.2) is 27.5 Å². The first-order valence-electron chi connectivity index (χ1n) is 7.23. The summed E-state index contributed by atoms with van der Waals surface area (Å²) in [4.78, 5) is 0.362. The third-order valence-electron chi connectivity index (χ3n) is 3.97. The molecule has 5 heteroatoms. The number of piperidine rings is 1. The maximum absolute atomic E-state index is 12.5. The molecule has 0 aliphatic carbocycles. The molecule has 2 unspecified atom stereocenters. The Morgan fingerprint density at radius 3 is 2.75 bits per heavy atom. The Balaban J connectivity index is 2.19. The predicted octanol–water partition coefficient (Wildman–Crippen LogP) is 2.09. The van der Waals surface area contributed by atoms with Gasteiger partial charge in [0.25, 0.3) is 0 Å². The summed E-state index contributed by atoms with van der Waals surface area (Å²) in [5, 5.41) is 3.24. The summed E-state index contributed by atoms with van der Waals surface area (Å²) in [5.41, 5.74) is 1.04. The minimum absolute atomic E-state index is 0.0311. The van der Waals surface area contributed by atoms with Crippen molar-refractivity contribution in [2.45, 2.75) is 44.0 Å². The summed E-state index contributed by atoms with van der Waals surface area (Å²) in [7, 11) is -3.44. The molecule has 1 saturated heterocycles. The number of benzene rings is 1. The van der Waals surface area contributed by atoms with Crippen molar-refractivity contribution in [2.75, 3.05) is 13.1 Å². The molecule has 20 heavy (non-hydrogen) atoms. The molecule has 1 aromatic rings. The van der Waals surface area contributed by atoms with Gasteiger partial charge in [-0.15, -0.1) is 0 Å². The number of nitrogens with one attached hydrogen (secondary N) is 2. The van der Waals surface area contributed by atoms with E-state index < -0.39 is 10.0 Å². The van der Waals surface area contributed by atoms with E-state index in [-0.39, 0.29) is 6.04 Å². The highest BCUT2D eigenvalue weighted by Crippen LogP contribution is 2.20. The molecular formula is C15H24N2O2S. The first kappa shape index (κ1) is 15.5. The van der Waals surface area contributed by atoms with E-state index >= 15 is 0 Å². The molecule has 2 rings (SSSR count). The van der Waals surface area contributed by atoms with Gasteiger partial charge in [-0.3, -0.25) is 0 Å². The van der Waals surface area contributed by atoms with Crippen LogP contribution in [-0.2, 0) is 10.0 Å². The van der Waals surface area contributed by atoms with Crippen molar-refractivity contribution in [3.8, 4) is 0 Å². The van der Waals surface area contributed by atoms with Gasteiger partial charge in [0.05, 0.1) is 4.90 Å². The summed E-state index contributed by atoms with van der Waals surface area (Å²) in [5.74, 6) is 0.680. The third kappa shape index (κ3) is 3.59. The van der Waals surface area contributed by atoms with Crippen LogP contribution in [0, 0.1) is 5.92 Å². The van der Waals surface area contributed by atoms with Crippen LogP contribution >= 0.6 is 0 Å². The molecule has 0 spiro atoms. The lowest BCUT2D eigenvalue weighted by molar-refractivity contribution is 0.327. The van der Waals surface area contributed by atoms with Gasteiger partial charge >= 0.3 is 0 Å². The van der Waals surface area contributed by atoms with Crippen molar-refractivity contribution in [3.05, 3.63) is 29.8 Å². The molecule has 0 aromatic heterocycles. The van der Waals surface area contributed by atoms with E-state index in [0.29, 0.717) is 23.3 Å². The molecule has 1 aliphatic rings. The van der Waals surface area contributed by atoms with Crippen LogP contribution in [0.15, 0.2) is 29.2 Å². The summed E-state index contributed by atoms with van der Waals surface area (Å²) >= 11 is 0. The minimum Gasteiger partial charge on any atom is -0.315 e. The number of hydrogen-bond acceptors (Lipinski definition) is 3. The molecule has 4 nitrogen and oxygen atoms in total. The normalized spacial score (nSPS) is 24.0. The maximum atomic E-state index is 12.5. The summed E-state index contributed by atoms with van der Waals surface area (Å²) in [6, 6.07) is 7.18. The standard InChI is InChI=1S/C15H24N2O2S/c1-11(2)13-5-4-6-14(9-13)20(18,19)17-15-10-16-8-7-12(15)3/h4-6,9,11-12,15-17H,7-8,10H2,1-3H3. The Bertz CT molecular complexity index is 555. The van der Waals surface area contributed by atoms with Gasteiger partial charge in [0.2, 0.25) is 10.0 Å². The van der Waals surface area contributed by atoms with E-state index in [2.05, 4.69) is 30.8 Å². The summed E-state index contributed by atoms with van der Waals surface area (Å²) < 4.78 is 27.8. The van der Waals surface area contributed by atoms with Crippen LogP contribution in [0.5, 0.6) is 0 Å².